The van der Waals surface area contributed by atoms with Gasteiger partial charge in [-0.1, -0.05) is 0 Å². The molecular formula is C17H20N2O5S. The predicted octanol–water partition coefficient (Wildman–Crippen LogP) is 1.62. The molecule has 1 amide bonds. The standard InChI is InChI=1S/C17H20N2O5S/c1-13-12-19(8-10-23-13)17(20)14-4-6-16(7-5-14)25(21,22)18-11-15-3-2-9-24-15/h2-7,9,13,18H,8,10-12H2,1H3. The molecule has 1 aromatic carbocycles. The highest BCUT2D eigenvalue weighted by Gasteiger charge is 2.23. The summed E-state index contributed by atoms with van der Waals surface area (Å²) in [7, 11) is -3.67. The number of ether oxygens (including phenoxy) is 1. The number of hydrogen-bond acceptors (Lipinski definition) is 5. The van der Waals surface area contributed by atoms with Crippen LogP contribution >= 0.6 is 0 Å². The zero-order valence-corrected chi connectivity index (χ0v) is 14.7. The molecule has 8 heteroatoms. The van der Waals surface area contributed by atoms with Crippen molar-refractivity contribution >= 4 is 15.9 Å². The van der Waals surface area contributed by atoms with E-state index in [-0.39, 0.29) is 23.5 Å². The molecule has 2 heterocycles. The Labute approximate surface area is 146 Å². The van der Waals surface area contributed by atoms with Gasteiger partial charge < -0.3 is 14.1 Å². The number of hydrogen-bond donors (Lipinski definition) is 1. The number of carbonyl (C=O) groups excluding carboxylic acids is 1. The zero-order chi connectivity index (χ0) is 17.9. The number of rotatable bonds is 5. The molecule has 3 rings (SSSR count). The minimum Gasteiger partial charge on any atom is -0.468 e. The second kappa shape index (κ2) is 7.38. The van der Waals surface area contributed by atoms with Gasteiger partial charge in [0.05, 0.1) is 30.4 Å². The van der Waals surface area contributed by atoms with Crippen LogP contribution in [0.4, 0.5) is 0 Å². The number of sulfonamides is 1. The fourth-order valence-corrected chi connectivity index (χ4v) is 3.62. The van der Waals surface area contributed by atoms with Crippen LogP contribution < -0.4 is 4.72 Å². The third-order valence-corrected chi connectivity index (χ3v) is 5.37. The van der Waals surface area contributed by atoms with E-state index in [2.05, 4.69) is 4.72 Å². The monoisotopic (exact) mass is 364 g/mol. The first-order valence-corrected chi connectivity index (χ1v) is 9.47. The fourth-order valence-electron chi connectivity index (χ4n) is 2.62. The van der Waals surface area contributed by atoms with E-state index in [1.54, 1.807) is 17.0 Å². The highest BCUT2D eigenvalue weighted by Crippen LogP contribution is 2.15. The topological polar surface area (TPSA) is 88.9 Å². The summed E-state index contributed by atoms with van der Waals surface area (Å²) in [5, 5.41) is 0. The minimum atomic E-state index is -3.67. The number of morpholine rings is 1. The van der Waals surface area contributed by atoms with Crippen LogP contribution in [0.3, 0.4) is 0 Å². The summed E-state index contributed by atoms with van der Waals surface area (Å²) >= 11 is 0. The summed E-state index contributed by atoms with van der Waals surface area (Å²) < 4.78 is 37.6. The molecule has 1 aliphatic rings. The third-order valence-electron chi connectivity index (χ3n) is 3.96. The Bertz CT molecular complexity index is 815. The number of amides is 1. The van der Waals surface area contributed by atoms with Gasteiger partial charge in [0.1, 0.15) is 5.76 Å². The molecule has 7 nitrogen and oxygen atoms in total. The molecule has 1 aliphatic heterocycles. The maximum atomic E-state index is 12.5. The van der Waals surface area contributed by atoms with Crippen molar-refractivity contribution in [3.63, 3.8) is 0 Å². The lowest BCUT2D eigenvalue weighted by Gasteiger charge is -2.31. The molecule has 0 saturated carbocycles. The van der Waals surface area contributed by atoms with Gasteiger partial charge in [-0.2, -0.15) is 0 Å². The van der Waals surface area contributed by atoms with E-state index in [0.29, 0.717) is 31.0 Å². The fraction of sp³-hybridized carbons (Fsp3) is 0.353. The van der Waals surface area contributed by atoms with Gasteiger partial charge in [-0.25, -0.2) is 13.1 Å². The summed E-state index contributed by atoms with van der Waals surface area (Å²) in [6.07, 6.45) is 1.49. The molecule has 1 atom stereocenters. The van der Waals surface area contributed by atoms with E-state index in [1.807, 2.05) is 6.92 Å². The molecule has 1 unspecified atom stereocenters. The van der Waals surface area contributed by atoms with Crippen molar-refractivity contribution < 1.29 is 22.4 Å². The van der Waals surface area contributed by atoms with Gasteiger partial charge in [0.2, 0.25) is 10.0 Å². The second-order valence-electron chi connectivity index (χ2n) is 5.86. The van der Waals surface area contributed by atoms with Gasteiger partial charge in [-0.05, 0) is 43.3 Å². The van der Waals surface area contributed by atoms with Crippen molar-refractivity contribution in [1.29, 1.82) is 0 Å². The van der Waals surface area contributed by atoms with Crippen LogP contribution in [0.1, 0.15) is 23.0 Å². The van der Waals surface area contributed by atoms with Gasteiger partial charge in [0.25, 0.3) is 5.91 Å². The normalized spacial score (nSPS) is 18.3. The zero-order valence-electron chi connectivity index (χ0n) is 13.8. The minimum absolute atomic E-state index is 0.00292. The largest absolute Gasteiger partial charge is 0.468 e. The Hall–Kier alpha value is -2.16. The molecule has 0 radical (unpaired) electrons. The molecule has 2 aromatic rings. The van der Waals surface area contributed by atoms with E-state index in [9.17, 15) is 13.2 Å². The molecular weight excluding hydrogens is 344 g/mol. The Morgan fingerprint density at radius 2 is 2.04 bits per heavy atom. The maximum Gasteiger partial charge on any atom is 0.254 e. The van der Waals surface area contributed by atoms with E-state index >= 15 is 0 Å². The van der Waals surface area contributed by atoms with Crippen molar-refractivity contribution in [2.45, 2.75) is 24.5 Å². The predicted molar refractivity (Wildman–Crippen MR) is 90.5 cm³/mol. The third kappa shape index (κ3) is 4.28. The highest BCUT2D eigenvalue weighted by molar-refractivity contribution is 7.89. The molecule has 134 valence electrons. The first kappa shape index (κ1) is 17.7. The van der Waals surface area contributed by atoms with Crippen molar-refractivity contribution in [1.82, 2.24) is 9.62 Å². The molecule has 0 spiro atoms. The first-order valence-electron chi connectivity index (χ1n) is 7.99. The highest BCUT2D eigenvalue weighted by atomic mass is 32.2. The van der Waals surface area contributed by atoms with Crippen LogP contribution in [0.2, 0.25) is 0 Å². The quantitative estimate of drug-likeness (QED) is 0.871. The van der Waals surface area contributed by atoms with Crippen LogP contribution in [0, 0.1) is 0 Å². The SMILES string of the molecule is CC1CN(C(=O)c2ccc(S(=O)(=O)NCc3ccco3)cc2)CCO1. The molecule has 0 aliphatic carbocycles. The van der Waals surface area contributed by atoms with Gasteiger partial charge in [0.15, 0.2) is 0 Å². The molecule has 1 aromatic heterocycles. The maximum absolute atomic E-state index is 12.5. The average molecular weight is 364 g/mol. The van der Waals surface area contributed by atoms with E-state index < -0.39 is 10.0 Å². The Morgan fingerprint density at radius 3 is 2.68 bits per heavy atom. The van der Waals surface area contributed by atoms with Gasteiger partial charge in [-0.15, -0.1) is 0 Å². The first-order chi connectivity index (χ1) is 12.0. The van der Waals surface area contributed by atoms with Crippen LogP contribution in [0.5, 0.6) is 0 Å². The summed E-state index contributed by atoms with van der Waals surface area (Å²) in [4.78, 5) is 14.3. The van der Waals surface area contributed by atoms with Gasteiger partial charge in [-0.3, -0.25) is 4.79 Å². The Balaban J connectivity index is 1.67. The summed E-state index contributed by atoms with van der Waals surface area (Å²) in [5.74, 6) is 0.402. The van der Waals surface area contributed by atoms with Gasteiger partial charge in [0, 0.05) is 18.7 Å². The number of furan rings is 1. The molecule has 1 saturated heterocycles. The molecule has 25 heavy (non-hydrogen) atoms. The van der Waals surface area contributed by atoms with Gasteiger partial charge >= 0.3 is 0 Å². The van der Waals surface area contributed by atoms with Crippen molar-refractivity contribution in [2.75, 3.05) is 19.7 Å². The van der Waals surface area contributed by atoms with E-state index in [4.69, 9.17) is 9.15 Å². The number of benzene rings is 1. The Morgan fingerprint density at radius 1 is 1.28 bits per heavy atom. The lowest BCUT2D eigenvalue weighted by Crippen LogP contribution is -2.44. The van der Waals surface area contributed by atoms with Crippen molar-refractivity contribution in [3.05, 3.63) is 54.0 Å². The smallest absolute Gasteiger partial charge is 0.254 e. The van der Waals surface area contributed by atoms with Crippen LogP contribution in [-0.4, -0.2) is 45.0 Å². The molecule has 1 fully saturated rings. The summed E-state index contributed by atoms with van der Waals surface area (Å²) in [6, 6.07) is 9.31. The van der Waals surface area contributed by atoms with Crippen LogP contribution in [0.25, 0.3) is 0 Å². The lowest BCUT2D eigenvalue weighted by molar-refractivity contribution is -0.0124. The average Bonchev–Trinajstić information content (AvgIpc) is 3.13. The lowest BCUT2D eigenvalue weighted by atomic mass is 10.2. The van der Waals surface area contributed by atoms with Crippen molar-refractivity contribution in [2.24, 2.45) is 0 Å². The van der Waals surface area contributed by atoms with Crippen molar-refractivity contribution in [3.8, 4) is 0 Å². The van der Waals surface area contributed by atoms with Crippen LogP contribution in [-0.2, 0) is 21.3 Å². The van der Waals surface area contributed by atoms with E-state index in [0.717, 1.165) is 0 Å². The number of nitrogens with zero attached hydrogens (tertiary/aromatic N) is 1. The Kier molecular flexibility index (Phi) is 5.22. The molecule has 0 bridgehead atoms. The van der Waals surface area contributed by atoms with E-state index in [1.165, 1.54) is 30.5 Å². The number of carbonyl (C=O) groups is 1. The summed E-state index contributed by atoms with van der Waals surface area (Å²) in [5.41, 5.74) is 0.457. The summed E-state index contributed by atoms with van der Waals surface area (Å²) in [6.45, 7) is 3.56. The number of nitrogens with one attached hydrogen (secondary N) is 1. The second-order valence-corrected chi connectivity index (χ2v) is 7.63. The van der Waals surface area contributed by atoms with Crippen LogP contribution in [0.15, 0.2) is 52.0 Å². The molecule has 1 N–H and O–H groups in total.